The smallest absolute Gasteiger partial charge is 0.211 e. The third-order valence-corrected chi connectivity index (χ3v) is 3.89. The zero-order valence-electron chi connectivity index (χ0n) is 9.67. The number of benzene rings is 1. The molecule has 0 aliphatic heterocycles. The van der Waals surface area contributed by atoms with Gasteiger partial charge in [-0.05, 0) is 6.92 Å². The Kier molecular flexibility index (Phi) is 2.89. The van der Waals surface area contributed by atoms with Gasteiger partial charge in [0.15, 0.2) is 0 Å². The van der Waals surface area contributed by atoms with Crippen LogP contribution in [0.1, 0.15) is 5.56 Å². The van der Waals surface area contributed by atoms with Crippen LogP contribution in [0.15, 0.2) is 41.9 Å². The number of halogens is 1. The SMILES string of the molecule is Cc1c(-c2ccccc2)nn(-c2nccs2)c1Cl. The van der Waals surface area contributed by atoms with Crippen LogP contribution in [-0.2, 0) is 0 Å². The summed E-state index contributed by atoms with van der Waals surface area (Å²) in [5.74, 6) is 0. The number of hydrogen-bond donors (Lipinski definition) is 0. The Bertz CT molecular complexity index is 659. The third kappa shape index (κ3) is 1.83. The molecule has 0 fully saturated rings. The molecule has 0 N–H and O–H groups in total. The van der Waals surface area contributed by atoms with Crippen LogP contribution < -0.4 is 0 Å². The van der Waals surface area contributed by atoms with Crippen molar-refractivity contribution in [2.45, 2.75) is 6.92 Å². The molecule has 0 radical (unpaired) electrons. The maximum atomic E-state index is 6.32. The molecule has 0 bridgehead atoms. The van der Waals surface area contributed by atoms with Crippen LogP contribution in [0.5, 0.6) is 0 Å². The normalized spacial score (nSPS) is 10.8. The highest BCUT2D eigenvalue weighted by molar-refractivity contribution is 7.12. The summed E-state index contributed by atoms with van der Waals surface area (Å²) in [6, 6.07) is 10.0. The quantitative estimate of drug-likeness (QED) is 0.709. The van der Waals surface area contributed by atoms with Gasteiger partial charge in [0.25, 0.3) is 0 Å². The minimum absolute atomic E-state index is 0.615. The number of thiazole rings is 1. The average molecular weight is 276 g/mol. The van der Waals surface area contributed by atoms with Crippen molar-refractivity contribution in [3.63, 3.8) is 0 Å². The van der Waals surface area contributed by atoms with Gasteiger partial charge >= 0.3 is 0 Å². The predicted molar refractivity (Wildman–Crippen MR) is 74.4 cm³/mol. The molecular formula is C13H10ClN3S. The van der Waals surface area contributed by atoms with E-state index in [9.17, 15) is 0 Å². The minimum Gasteiger partial charge on any atom is -0.227 e. The maximum Gasteiger partial charge on any atom is 0.211 e. The second-order valence-electron chi connectivity index (χ2n) is 3.86. The van der Waals surface area contributed by atoms with E-state index in [0.717, 1.165) is 22.0 Å². The first kappa shape index (κ1) is 11.4. The van der Waals surface area contributed by atoms with Crippen molar-refractivity contribution in [3.8, 4) is 16.4 Å². The molecule has 0 unspecified atom stereocenters. The zero-order chi connectivity index (χ0) is 12.5. The van der Waals surface area contributed by atoms with Gasteiger partial charge in [0.1, 0.15) is 5.15 Å². The molecule has 2 aromatic heterocycles. The Morgan fingerprint density at radius 2 is 2.00 bits per heavy atom. The molecule has 18 heavy (non-hydrogen) atoms. The van der Waals surface area contributed by atoms with E-state index in [0.29, 0.717) is 5.15 Å². The highest BCUT2D eigenvalue weighted by atomic mass is 35.5. The number of hydrogen-bond acceptors (Lipinski definition) is 3. The lowest BCUT2D eigenvalue weighted by atomic mass is 10.1. The summed E-state index contributed by atoms with van der Waals surface area (Å²) < 4.78 is 1.68. The molecule has 0 saturated carbocycles. The lowest BCUT2D eigenvalue weighted by molar-refractivity contribution is 0.873. The first-order chi connectivity index (χ1) is 8.77. The van der Waals surface area contributed by atoms with Gasteiger partial charge in [-0.3, -0.25) is 0 Å². The molecule has 1 aromatic carbocycles. The number of rotatable bonds is 2. The summed E-state index contributed by atoms with van der Waals surface area (Å²) in [4.78, 5) is 4.23. The van der Waals surface area contributed by atoms with E-state index in [4.69, 9.17) is 11.6 Å². The Morgan fingerprint density at radius 1 is 1.22 bits per heavy atom. The zero-order valence-corrected chi connectivity index (χ0v) is 11.2. The fourth-order valence-corrected chi connectivity index (χ4v) is 2.65. The van der Waals surface area contributed by atoms with Crippen LogP contribution in [-0.4, -0.2) is 14.8 Å². The van der Waals surface area contributed by atoms with Gasteiger partial charge in [0.2, 0.25) is 5.13 Å². The summed E-state index contributed by atoms with van der Waals surface area (Å²) >= 11 is 7.83. The molecule has 3 nitrogen and oxygen atoms in total. The van der Waals surface area contributed by atoms with Crippen LogP contribution in [0.25, 0.3) is 16.4 Å². The van der Waals surface area contributed by atoms with Crippen molar-refractivity contribution in [2.24, 2.45) is 0 Å². The van der Waals surface area contributed by atoms with E-state index in [1.54, 1.807) is 10.9 Å². The topological polar surface area (TPSA) is 30.7 Å². The molecular weight excluding hydrogens is 266 g/mol. The van der Waals surface area contributed by atoms with Crippen LogP contribution in [0.4, 0.5) is 0 Å². The van der Waals surface area contributed by atoms with Gasteiger partial charge in [0.05, 0.1) is 5.69 Å². The Balaban J connectivity index is 2.16. The first-order valence-electron chi connectivity index (χ1n) is 5.48. The second kappa shape index (κ2) is 4.55. The summed E-state index contributed by atoms with van der Waals surface area (Å²) in [5.41, 5.74) is 2.93. The van der Waals surface area contributed by atoms with Crippen molar-refractivity contribution < 1.29 is 0 Å². The largest absolute Gasteiger partial charge is 0.227 e. The van der Waals surface area contributed by atoms with Crippen molar-refractivity contribution in [3.05, 3.63) is 52.6 Å². The lowest BCUT2D eigenvalue weighted by Gasteiger charge is -1.96. The van der Waals surface area contributed by atoms with Crippen molar-refractivity contribution in [1.82, 2.24) is 14.8 Å². The molecule has 2 heterocycles. The van der Waals surface area contributed by atoms with E-state index < -0.39 is 0 Å². The van der Waals surface area contributed by atoms with Crippen LogP contribution in [0, 0.1) is 6.92 Å². The second-order valence-corrected chi connectivity index (χ2v) is 5.09. The average Bonchev–Trinajstić information content (AvgIpc) is 3.01. The fourth-order valence-electron chi connectivity index (χ4n) is 1.79. The predicted octanol–water partition coefficient (Wildman–Crippen LogP) is 3.96. The molecule has 0 saturated heterocycles. The molecule has 0 spiro atoms. The van der Waals surface area contributed by atoms with Crippen LogP contribution >= 0.6 is 22.9 Å². The summed E-state index contributed by atoms with van der Waals surface area (Å²) in [7, 11) is 0. The first-order valence-corrected chi connectivity index (χ1v) is 6.73. The van der Waals surface area contributed by atoms with Crippen molar-refractivity contribution in [1.29, 1.82) is 0 Å². The number of nitrogens with zero attached hydrogens (tertiary/aromatic N) is 3. The van der Waals surface area contributed by atoms with Gasteiger partial charge < -0.3 is 0 Å². The Hall–Kier alpha value is -1.65. The minimum atomic E-state index is 0.615. The monoisotopic (exact) mass is 275 g/mol. The molecule has 90 valence electrons. The molecule has 3 aromatic rings. The van der Waals surface area contributed by atoms with E-state index in [1.165, 1.54) is 11.3 Å². The standard InChI is InChI=1S/C13H10ClN3S/c1-9-11(10-5-3-2-4-6-10)16-17(12(9)14)13-15-7-8-18-13/h2-8H,1H3. The van der Waals surface area contributed by atoms with E-state index in [1.807, 2.05) is 42.6 Å². The van der Waals surface area contributed by atoms with Crippen molar-refractivity contribution >= 4 is 22.9 Å². The van der Waals surface area contributed by atoms with E-state index in [-0.39, 0.29) is 0 Å². The molecule has 0 atom stereocenters. The van der Waals surface area contributed by atoms with Gasteiger partial charge in [-0.2, -0.15) is 9.78 Å². The Labute approximate surface area is 114 Å². The lowest BCUT2D eigenvalue weighted by Crippen LogP contribution is -1.95. The van der Waals surface area contributed by atoms with Gasteiger partial charge in [0, 0.05) is 22.7 Å². The van der Waals surface area contributed by atoms with Crippen LogP contribution in [0.3, 0.4) is 0 Å². The highest BCUT2D eigenvalue weighted by Gasteiger charge is 2.16. The molecule has 0 aliphatic carbocycles. The van der Waals surface area contributed by atoms with Gasteiger partial charge in [-0.15, -0.1) is 11.3 Å². The van der Waals surface area contributed by atoms with Crippen molar-refractivity contribution in [2.75, 3.05) is 0 Å². The van der Waals surface area contributed by atoms with Crippen LogP contribution in [0.2, 0.25) is 5.15 Å². The fraction of sp³-hybridized carbons (Fsp3) is 0.0769. The highest BCUT2D eigenvalue weighted by Crippen LogP contribution is 2.30. The molecule has 5 heteroatoms. The Morgan fingerprint density at radius 3 is 2.67 bits per heavy atom. The summed E-state index contributed by atoms with van der Waals surface area (Å²) in [6.07, 6.45) is 1.75. The maximum absolute atomic E-state index is 6.32. The third-order valence-electron chi connectivity index (χ3n) is 2.70. The van der Waals surface area contributed by atoms with E-state index >= 15 is 0 Å². The molecule has 3 rings (SSSR count). The summed E-state index contributed by atoms with van der Waals surface area (Å²) in [6.45, 7) is 1.97. The summed E-state index contributed by atoms with van der Waals surface area (Å²) in [5, 5.41) is 7.86. The number of aromatic nitrogens is 3. The van der Waals surface area contributed by atoms with E-state index in [2.05, 4.69) is 10.1 Å². The van der Waals surface area contributed by atoms with Gasteiger partial charge in [-0.1, -0.05) is 41.9 Å². The molecule has 0 amide bonds. The van der Waals surface area contributed by atoms with Gasteiger partial charge in [-0.25, -0.2) is 4.98 Å². The molecule has 0 aliphatic rings.